The van der Waals surface area contributed by atoms with Crippen LogP contribution in [-0.4, -0.2) is 39.9 Å². The molecule has 2 heterocycles. The number of allylic oxidation sites excluding steroid dienone is 1. The number of nitrogens with one attached hydrogen (secondary N) is 1. The lowest BCUT2D eigenvalue weighted by molar-refractivity contribution is -0.158. The molecule has 0 aliphatic carbocycles. The number of imidazole rings is 1. The molecule has 0 saturated carbocycles. The van der Waals surface area contributed by atoms with Crippen molar-refractivity contribution in [1.29, 1.82) is 5.26 Å². The van der Waals surface area contributed by atoms with Gasteiger partial charge in [-0.1, -0.05) is 24.3 Å². The van der Waals surface area contributed by atoms with Crippen LogP contribution in [0.3, 0.4) is 0 Å². The summed E-state index contributed by atoms with van der Waals surface area (Å²) < 4.78 is 16.4. The average Bonchev–Trinajstić information content (AvgIpc) is 3.17. The van der Waals surface area contributed by atoms with Crippen molar-refractivity contribution in [2.75, 3.05) is 6.61 Å². The molecule has 29 heavy (non-hydrogen) atoms. The van der Waals surface area contributed by atoms with Gasteiger partial charge in [0.05, 0.1) is 11.0 Å². The number of ether oxygens (including phenoxy) is 3. The topological polar surface area (TPSA) is 117 Å². The zero-order valence-electron chi connectivity index (χ0n) is 15.5. The molecule has 0 fully saturated rings. The van der Waals surface area contributed by atoms with Crippen LogP contribution in [-0.2, 0) is 9.53 Å². The molecule has 0 saturated heterocycles. The van der Waals surface area contributed by atoms with E-state index in [1.54, 1.807) is 36.4 Å². The van der Waals surface area contributed by atoms with Gasteiger partial charge in [-0.05, 0) is 31.2 Å². The highest BCUT2D eigenvalue weighted by Crippen LogP contribution is 2.31. The lowest BCUT2D eigenvalue weighted by atomic mass is 10.1. The van der Waals surface area contributed by atoms with Gasteiger partial charge in [0.2, 0.25) is 6.10 Å². The molecule has 1 aliphatic heterocycles. The number of nitrogens with zero attached hydrogens (tertiary/aromatic N) is 2. The van der Waals surface area contributed by atoms with E-state index in [1.165, 1.54) is 6.92 Å². The van der Waals surface area contributed by atoms with Crippen LogP contribution in [0.15, 0.2) is 54.3 Å². The van der Waals surface area contributed by atoms with Gasteiger partial charge in [-0.25, -0.2) is 9.78 Å². The first kappa shape index (κ1) is 18.4. The molecule has 0 spiro atoms. The molecule has 0 bridgehead atoms. The Kier molecular flexibility index (Phi) is 4.79. The number of nitriles is 1. The summed E-state index contributed by atoms with van der Waals surface area (Å²) in [7, 11) is 0. The SMILES string of the molecule is C[C@@H](OC(=O)[C@@H]1COc2ccccc2O1)/C(O)=C(\C#N)c1nc2ccccc2[nH]1. The van der Waals surface area contributed by atoms with Crippen LogP contribution in [0.4, 0.5) is 0 Å². The molecule has 3 aromatic rings. The summed E-state index contributed by atoms with van der Waals surface area (Å²) in [5.41, 5.74) is 1.27. The Balaban J connectivity index is 1.51. The molecule has 8 nitrogen and oxygen atoms in total. The van der Waals surface area contributed by atoms with Crippen molar-refractivity contribution < 1.29 is 24.1 Å². The summed E-state index contributed by atoms with van der Waals surface area (Å²) in [6.07, 6.45) is -2.05. The molecule has 2 aromatic carbocycles. The second-order valence-corrected chi connectivity index (χ2v) is 6.42. The van der Waals surface area contributed by atoms with Crippen molar-refractivity contribution in [1.82, 2.24) is 9.97 Å². The Hall–Kier alpha value is -3.99. The monoisotopic (exact) mass is 391 g/mol. The number of aliphatic hydroxyl groups is 1. The van der Waals surface area contributed by atoms with Crippen LogP contribution in [0.5, 0.6) is 11.5 Å². The van der Waals surface area contributed by atoms with E-state index in [0.29, 0.717) is 17.0 Å². The number of hydrogen-bond donors (Lipinski definition) is 2. The fraction of sp³-hybridized carbons (Fsp3) is 0.190. The normalized spacial score (nSPS) is 17.2. The lowest BCUT2D eigenvalue weighted by Gasteiger charge is -2.26. The summed E-state index contributed by atoms with van der Waals surface area (Å²) >= 11 is 0. The number of carbonyl (C=O) groups is 1. The summed E-state index contributed by atoms with van der Waals surface area (Å²) in [6.45, 7) is 1.45. The Morgan fingerprint density at radius 2 is 2.00 bits per heavy atom. The number of benzene rings is 2. The molecule has 146 valence electrons. The molecule has 4 rings (SSSR count). The summed E-state index contributed by atoms with van der Waals surface area (Å²) in [5.74, 6) is 0.0647. The zero-order chi connectivity index (χ0) is 20.4. The average molecular weight is 391 g/mol. The highest BCUT2D eigenvalue weighted by molar-refractivity contribution is 5.83. The third-order valence-corrected chi connectivity index (χ3v) is 4.44. The minimum atomic E-state index is -1.08. The number of esters is 1. The van der Waals surface area contributed by atoms with Gasteiger partial charge in [0.25, 0.3) is 0 Å². The van der Waals surface area contributed by atoms with E-state index in [2.05, 4.69) is 9.97 Å². The van der Waals surface area contributed by atoms with Crippen molar-refractivity contribution in [3.8, 4) is 17.6 Å². The van der Waals surface area contributed by atoms with E-state index in [0.717, 1.165) is 5.52 Å². The van der Waals surface area contributed by atoms with Crippen LogP contribution >= 0.6 is 0 Å². The van der Waals surface area contributed by atoms with Crippen LogP contribution in [0, 0.1) is 11.3 Å². The Labute approximate surface area is 166 Å². The van der Waals surface area contributed by atoms with Crippen molar-refractivity contribution in [2.24, 2.45) is 0 Å². The van der Waals surface area contributed by atoms with Gasteiger partial charge >= 0.3 is 5.97 Å². The van der Waals surface area contributed by atoms with Crippen molar-refractivity contribution in [2.45, 2.75) is 19.1 Å². The quantitative estimate of drug-likeness (QED) is 0.398. The predicted octanol–water partition coefficient (Wildman–Crippen LogP) is 3.13. The van der Waals surface area contributed by atoms with Crippen LogP contribution in [0.2, 0.25) is 0 Å². The first-order chi connectivity index (χ1) is 14.1. The predicted molar refractivity (Wildman–Crippen MR) is 103 cm³/mol. The number of rotatable bonds is 4. The van der Waals surface area contributed by atoms with Gasteiger partial charge in [-0.15, -0.1) is 0 Å². The van der Waals surface area contributed by atoms with Crippen LogP contribution in [0.25, 0.3) is 16.6 Å². The van der Waals surface area contributed by atoms with E-state index in [1.807, 2.05) is 18.2 Å². The molecule has 2 N–H and O–H groups in total. The van der Waals surface area contributed by atoms with Gasteiger partial charge in [-0.2, -0.15) is 5.26 Å². The number of aromatic amines is 1. The number of carbonyl (C=O) groups excluding carboxylic acids is 1. The second kappa shape index (κ2) is 7.56. The van der Waals surface area contributed by atoms with Crippen LogP contribution < -0.4 is 9.47 Å². The van der Waals surface area contributed by atoms with E-state index >= 15 is 0 Å². The minimum absolute atomic E-state index is 0.0122. The Bertz CT molecular complexity index is 1110. The smallest absolute Gasteiger partial charge is 0.351 e. The number of hydrogen-bond acceptors (Lipinski definition) is 7. The molecule has 0 radical (unpaired) electrons. The van der Waals surface area contributed by atoms with Crippen LogP contribution in [0.1, 0.15) is 12.7 Å². The number of aliphatic hydroxyl groups excluding tert-OH is 1. The van der Waals surface area contributed by atoms with Gasteiger partial charge in [0.15, 0.2) is 29.2 Å². The van der Waals surface area contributed by atoms with Crippen molar-refractivity contribution in [3.63, 3.8) is 0 Å². The maximum Gasteiger partial charge on any atom is 0.351 e. The summed E-state index contributed by atoms with van der Waals surface area (Å²) in [5, 5.41) is 20.0. The van der Waals surface area contributed by atoms with Crippen molar-refractivity contribution in [3.05, 3.63) is 60.1 Å². The number of H-pyrrole nitrogens is 1. The second-order valence-electron chi connectivity index (χ2n) is 6.42. The first-order valence-electron chi connectivity index (χ1n) is 8.94. The summed E-state index contributed by atoms with van der Waals surface area (Å²) in [6, 6.07) is 16.1. The Morgan fingerprint density at radius 3 is 2.76 bits per heavy atom. The number of fused-ring (bicyclic) bond motifs is 2. The lowest BCUT2D eigenvalue weighted by Crippen LogP contribution is -2.39. The van der Waals surface area contributed by atoms with Gasteiger partial charge in [0, 0.05) is 0 Å². The molecule has 2 atom stereocenters. The van der Waals surface area contributed by atoms with E-state index < -0.39 is 23.9 Å². The highest BCUT2D eigenvalue weighted by Gasteiger charge is 2.31. The molecular weight excluding hydrogens is 374 g/mol. The van der Waals surface area contributed by atoms with Gasteiger partial charge in [0.1, 0.15) is 18.2 Å². The minimum Gasteiger partial charge on any atom is -0.507 e. The fourth-order valence-corrected chi connectivity index (χ4v) is 2.95. The molecular formula is C21H17N3O5. The third kappa shape index (κ3) is 3.58. The third-order valence-electron chi connectivity index (χ3n) is 4.44. The Morgan fingerprint density at radius 1 is 1.28 bits per heavy atom. The molecule has 1 aromatic heterocycles. The standard InChI is InChI=1S/C21H17N3O5/c1-12(28-21(26)18-11-27-16-8-4-5-9-17(16)29-18)19(25)13(10-22)20-23-14-6-2-3-7-15(14)24-20/h2-9,12,18,25H,11H2,1H3,(H,23,24)/b19-13-/t12-,18+/m1/s1. The van der Waals surface area contributed by atoms with E-state index in [4.69, 9.17) is 14.2 Å². The van der Waals surface area contributed by atoms with Gasteiger partial charge < -0.3 is 24.3 Å². The molecule has 8 heteroatoms. The van der Waals surface area contributed by atoms with E-state index in [9.17, 15) is 15.2 Å². The zero-order valence-corrected chi connectivity index (χ0v) is 15.5. The summed E-state index contributed by atoms with van der Waals surface area (Å²) in [4.78, 5) is 19.7. The molecule has 0 amide bonds. The number of aromatic nitrogens is 2. The fourth-order valence-electron chi connectivity index (χ4n) is 2.95. The maximum atomic E-state index is 12.4. The largest absolute Gasteiger partial charge is 0.507 e. The molecule has 0 unspecified atom stereocenters. The van der Waals surface area contributed by atoms with E-state index in [-0.39, 0.29) is 18.0 Å². The van der Waals surface area contributed by atoms with Crippen molar-refractivity contribution >= 4 is 22.6 Å². The van der Waals surface area contributed by atoms with Gasteiger partial charge in [-0.3, -0.25) is 0 Å². The number of para-hydroxylation sites is 4. The highest BCUT2D eigenvalue weighted by atomic mass is 16.6. The maximum absolute atomic E-state index is 12.4. The molecule has 1 aliphatic rings. The first-order valence-corrected chi connectivity index (χ1v) is 8.94.